The van der Waals surface area contributed by atoms with E-state index >= 15 is 0 Å². The smallest absolute Gasteiger partial charge is 0.257 e. The SMILES string of the molecule is CC(=O)Nc1cc(NC(=O)c2cc(-n3c(C)ccc3C)ccc2Cl)ccc1C. The first-order valence-corrected chi connectivity index (χ1v) is 9.28. The second kappa shape index (κ2) is 7.90. The molecule has 0 saturated heterocycles. The number of hydrogen-bond donors (Lipinski definition) is 2. The Balaban J connectivity index is 1.91. The standard InChI is InChI=1S/C22H22ClN3O2/c1-13-5-8-17(11-21(13)24-16(4)27)25-22(28)19-12-18(9-10-20(19)23)26-14(2)6-7-15(26)3/h5-12H,1-4H3,(H,24,27)(H,25,28). The van der Waals surface area contributed by atoms with E-state index in [1.54, 1.807) is 24.3 Å². The van der Waals surface area contributed by atoms with Gasteiger partial charge >= 0.3 is 0 Å². The fourth-order valence-corrected chi connectivity index (χ4v) is 3.33. The van der Waals surface area contributed by atoms with Gasteiger partial charge in [0.05, 0.1) is 10.6 Å². The molecule has 0 aliphatic rings. The zero-order chi connectivity index (χ0) is 20.4. The third-order valence-electron chi connectivity index (χ3n) is 4.53. The van der Waals surface area contributed by atoms with Crippen LogP contribution in [0.5, 0.6) is 0 Å². The Morgan fingerprint density at radius 3 is 2.21 bits per heavy atom. The van der Waals surface area contributed by atoms with Crippen LogP contribution in [0.2, 0.25) is 5.02 Å². The van der Waals surface area contributed by atoms with E-state index < -0.39 is 0 Å². The lowest BCUT2D eigenvalue weighted by Gasteiger charge is -2.14. The summed E-state index contributed by atoms with van der Waals surface area (Å²) in [7, 11) is 0. The minimum absolute atomic E-state index is 0.167. The van der Waals surface area contributed by atoms with Crippen molar-refractivity contribution in [3.05, 3.63) is 76.1 Å². The van der Waals surface area contributed by atoms with Crippen molar-refractivity contribution in [2.24, 2.45) is 0 Å². The third kappa shape index (κ3) is 4.10. The summed E-state index contributed by atoms with van der Waals surface area (Å²) in [5.74, 6) is -0.480. The van der Waals surface area contributed by atoms with E-state index in [0.717, 1.165) is 22.6 Å². The monoisotopic (exact) mass is 395 g/mol. The minimum atomic E-state index is -0.313. The van der Waals surface area contributed by atoms with E-state index in [0.29, 0.717) is 22.0 Å². The van der Waals surface area contributed by atoms with E-state index in [-0.39, 0.29) is 11.8 Å². The first-order valence-electron chi connectivity index (χ1n) is 8.90. The molecule has 144 valence electrons. The molecule has 0 radical (unpaired) electrons. The summed E-state index contributed by atoms with van der Waals surface area (Å²) < 4.78 is 2.06. The number of carbonyl (C=O) groups is 2. The summed E-state index contributed by atoms with van der Waals surface area (Å²) in [4.78, 5) is 24.2. The van der Waals surface area contributed by atoms with Gasteiger partial charge in [-0.2, -0.15) is 0 Å². The number of hydrogen-bond acceptors (Lipinski definition) is 2. The maximum atomic E-state index is 12.9. The topological polar surface area (TPSA) is 63.1 Å². The van der Waals surface area contributed by atoms with Crippen molar-refractivity contribution >= 4 is 34.8 Å². The molecule has 0 spiro atoms. The molecule has 28 heavy (non-hydrogen) atoms. The van der Waals surface area contributed by atoms with Gasteiger partial charge in [0, 0.05) is 35.4 Å². The fourth-order valence-electron chi connectivity index (χ4n) is 3.12. The van der Waals surface area contributed by atoms with E-state index in [1.165, 1.54) is 6.92 Å². The molecule has 0 aliphatic carbocycles. The average molecular weight is 396 g/mol. The van der Waals surface area contributed by atoms with Crippen LogP contribution < -0.4 is 10.6 Å². The van der Waals surface area contributed by atoms with Crippen molar-refractivity contribution < 1.29 is 9.59 Å². The Bertz CT molecular complexity index is 1050. The normalized spacial score (nSPS) is 10.6. The molecule has 2 N–H and O–H groups in total. The van der Waals surface area contributed by atoms with Crippen LogP contribution in [0, 0.1) is 20.8 Å². The lowest BCUT2D eigenvalue weighted by molar-refractivity contribution is -0.114. The van der Waals surface area contributed by atoms with Crippen LogP contribution in [-0.2, 0) is 4.79 Å². The van der Waals surface area contributed by atoms with Crippen molar-refractivity contribution in [1.82, 2.24) is 4.57 Å². The van der Waals surface area contributed by atoms with Gasteiger partial charge < -0.3 is 15.2 Å². The number of nitrogens with one attached hydrogen (secondary N) is 2. The molecule has 6 heteroatoms. The summed E-state index contributed by atoms with van der Waals surface area (Å²) in [5.41, 5.74) is 5.55. The van der Waals surface area contributed by atoms with Crippen LogP contribution >= 0.6 is 11.6 Å². The quantitative estimate of drug-likeness (QED) is 0.632. The van der Waals surface area contributed by atoms with E-state index in [2.05, 4.69) is 15.2 Å². The van der Waals surface area contributed by atoms with Gasteiger partial charge in [-0.05, 0) is 68.8 Å². The van der Waals surface area contributed by atoms with Crippen molar-refractivity contribution in [1.29, 1.82) is 0 Å². The maximum Gasteiger partial charge on any atom is 0.257 e. The van der Waals surface area contributed by atoms with Crippen molar-refractivity contribution in [2.75, 3.05) is 10.6 Å². The number of anilines is 2. The Labute approximate surface area is 169 Å². The van der Waals surface area contributed by atoms with Crippen LogP contribution in [0.4, 0.5) is 11.4 Å². The van der Waals surface area contributed by atoms with Crippen LogP contribution in [0.1, 0.15) is 34.2 Å². The second-order valence-electron chi connectivity index (χ2n) is 6.78. The number of benzene rings is 2. The summed E-state index contributed by atoms with van der Waals surface area (Å²) in [6, 6.07) is 14.8. The van der Waals surface area contributed by atoms with Gasteiger partial charge in [0.25, 0.3) is 5.91 Å². The van der Waals surface area contributed by atoms with Gasteiger partial charge in [-0.3, -0.25) is 9.59 Å². The zero-order valence-corrected chi connectivity index (χ0v) is 17.0. The van der Waals surface area contributed by atoms with Gasteiger partial charge in [-0.1, -0.05) is 17.7 Å². The molecule has 1 heterocycles. The van der Waals surface area contributed by atoms with E-state index in [9.17, 15) is 9.59 Å². The largest absolute Gasteiger partial charge is 0.326 e. The summed E-state index contributed by atoms with van der Waals surface area (Å²) in [6.45, 7) is 7.36. The van der Waals surface area contributed by atoms with E-state index in [4.69, 9.17) is 11.6 Å². The molecule has 0 unspecified atom stereocenters. The van der Waals surface area contributed by atoms with Crippen LogP contribution in [0.15, 0.2) is 48.5 Å². The van der Waals surface area contributed by atoms with Gasteiger partial charge in [0.1, 0.15) is 0 Å². The number of halogens is 1. The van der Waals surface area contributed by atoms with Crippen molar-refractivity contribution in [3.8, 4) is 5.69 Å². The summed E-state index contributed by atoms with van der Waals surface area (Å²) >= 11 is 6.30. The highest BCUT2D eigenvalue weighted by Gasteiger charge is 2.14. The van der Waals surface area contributed by atoms with Crippen LogP contribution in [-0.4, -0.2) is 16.4 Å². The Morgan fingerprint density at radius 1 is 0.893 bits per heavy atom. The highest BCUT2D eigenvalue weighted by atomic mass is 35.5. The molecule has 5 nitrogen and oxygen atoms in total. The number of carbonyl (C=O) groups excluding carboxylic acids is 2. The third-order valence-corrected chi connectivity index (χ3v) is 4.86. The molecule has 0 atom stereocenters. The molecule has 0 saturated carbocycles. The van der Waals surface area contributed by atoms with Gasteiger partial charge in [-0.25, -0.2) is 0 Å². The molecule has 3 aromatic rings. The Kier molecular flexibility index (Phi) is 5.56. The molecule has 2 aromatic carbocycles. The van der Waals surface area contributed by atoms with Gasteiger partial charge in [0.15, 0.2) is 0 Å². The summed E-state index contributed by atoms with van der Waals surface area (Å²) in [5, 5.41) is 5.99. The number of nitrogens with zero attached hydrogens (tertiary/aromatic N) is 1. The number of aryl methyl sites for hydroxylation is 3. The lowest BCUT2D eigenvalue weighted by Crippen LogP contribution is -2.14. The zero-order valence-electron chi connectivity index (χ0n) is 16.3. The Hall–Kier alpha value is -3.05. The first kappa shape index (κ1) is 19.7. The molecular weight excluding hydrogens is 374 g/mol. The number of aromatic nitrogens is 1. The highest BCUT2D eigenvalue weighted by molar-refractivity contribution is 6.34. The van der Waals surface area contributed by atoms with Crippen LogP contribution in [0.25, 0.3) is 5.69 Å². The molecule has 1 aromatic heterocycles. The number of amides is 2. The minimum Gasteiger partial charge on any atom is -0.326 e. The molecule has 3 rings (SSSR count). The fraction of sp³-hybridized carbons (Fsp3) is 0.182. The molecular formula is C22H22ClN3O2. The lowest BCUT2D eigenvalue weighted by atomic mass is 10.1. The average Bonchev–Trinajstić information content (AvgIpc) is 2.96. The van der Waals surface area contributed by atoms with E-state index in [1.807, 2.05) is 45.0 Å². The molecule has 0 fully saturated rings. The predicted octanol–water partition coefficient (Wildman–Crippen LogP) is 5.27. The van der Waals surface area contributed by atoms with Crippen molar-refractivity contribution in [2.45, 2.75) is 27.7 Å². The maximum absolute atomic E-state index is 12.9. The molecule has 2 amide bonds. The number of rotatable bonds is 4. The van der Waals surface area contributed by atoms with Crippen molar-refractivity contribution in [3.63, 3.8) is 0 Å². The Morgan fingerprint density at radius 2 is 1.57 bits per heavy atom. The summed E-state index contributed by atoms with van der Waals surface area (Å²) in [6.07, 6.45) is 0. The molecule has 0 bridgehead atoms. The van der Waals surface area contributed by atoms with Crippen LogP contribution in [0.3, 0.4) is 0 Å². The predicted molar refractivity (Wildman–Crippen MR) is 114 cm³/mol. The highest BCUT2D eigenvalue weighted by Crippen LogP contribution is 2.25. The first-order chi connectivity index (χ1) is 13.3. The molecule has 0 aliphatic heterocycles. The van der Waals surface area contributed by atoms with Gasteiger partial charge in [-0.15, -0.1) is 0 Å². The second-order valence-corrected chi connectivity index (χ2v) is 7.19. The van der Waals surface area contributed by atoms with Gasteiger partial charge in [0.2, 0.25) is 5.91 Å².